The smallest absolute Gasteiger partial charge is 0.410 e. The van der Waals surface area contributed by atoms with Crippen LogP contribution in [0.4, 0.5) is 10.6 Å². The minimum Gasteiger partial charge on any atom is -0.444 e. The molecule has 0 bridgehead atoms. The predicted molar refractivity (Wildman–Crippen MR) is 113 cm³/mol. The number of carbonyl (C=O) groups excluding carboxylic acids is 1. The van der Waals surface area contributed by atoms with Crippen molar-refractivity contribution in [2.45, 2.75) is 26.4 Å². The quantitative estimate of drug-likeness (QED) is 0.663. The molecule has 3 heterocycles. The van der Waals surface area contributed by atoms with Crippen LogP contribution in [0, 0.1) is 0 Å². The summed E-state index contributed by atoms with van der Waals surface area (Å²) in [5, 5.41) is 1.01. The van der Waals surface area contributed by atoms with Crippen molar-refractivity contribution >= 4 is 22.8 Å². The van der Waals surface area contributed by atoms with Crippen molar-refractivity contribution in [3.8, 4) is 11.4 Å². The van der Waals surface area contributed by atoms with E-state index in [2.05, 4.69) is 9.88 Å². The normalized spacial score (nSPS) is 14.9. The van der Waals surface area contributed by atoms with Gasteiger partial charge in [0, 0.05) is 49.5 Å². The van der Waals surface area contributed by atoms with E-state index < -0.39 is 5.60 Å². The van der Waals surface area contributed by atoms with Gasteiger partial charge >= 0.3 is 6.09 Å². The van der Waals surface area contributed by atoms with Crippen LogP contribution in [-0.4, -0.2) is 57.7 Å². The number of amides is 1. The van der Waals surface area contributed by atoms with Gasteiger partial charge in [0.1, 0.15) is 11.4 Å². The van der Waals surface area contributed by atoms with Crippen molar-refractivity contribution in [3.05, 3.63) is 48.8 Å². The van der Waals surface area contributed by atoms with Crippen LogP contribution in [0.5, 0.6) is 0 Å². The van der Waals surface area contributed by atoms with Crippen LogP contribution in [0.3, 0.4) is 0 Å². The van der Waals surface area contributed by atoms with Crippen molar-refractivity contribution in [2.75, 3.05) is 31.1 Å². The van der Waals surface area contributed by atoms with Crippen molar-refractivity contribution in [1.29, 1.82) is 0 Å². The van der Waals surface area contributed by atoms with Crippen molar-refractivity contribution < 1.29 is 9.53 Å². The summed E-state index contributed by atoms with van der Waals surface area (Å²) in [5.41, 5.74) is 1.34. The molecule has 1 fully saturated rings. The Kier molecular flexibility index (Phi) is 5.05. The molecule has 0 atom stereocenters. The van der Waals surface area contributed by atoms with Crippen LogP contribution in [0.2, 0.25) is 0 Å². The summed E-state index contributed by atoms with van der Waals surface area (Å²) in [6.45, 7) is 8.22. The fourth-order valence-corrected chi connectivity index (χ4v) is 3.36. The topological polar surface area (TPSA) is 71.5 Å². The molecule has 0 spiro atoms. The molecule has 29 heavy (non-hydrogen) atoms. The van der Waals surface area contributed by atoms with Crippen molar-refractivity contribution in [2.24, 2.45) is 0 Å². The van der Waals surface area contributed by atoms with Gasteiger partial charge < -0.3 is 14.5 Å². The number of benzene rings is 1. The maximum atomic E-state index is 12.4. The summed E-state index contributed by atoms with van der Waals surface area (Å²) >= 11 is 0. The maximum Gasteiger partial charge on any atom is 0.410 e. The van der Waals surface area contributed by atoms with E-state index in [0.717, 1.165) is 22.3 Å². The Morgan fingerprint density at radius 3 is 2.34 bits per heavy atom. The van der Waals surface area contributed by atoms with Crippen molar-refractivity contribution in [3.63, 3.8) is 0 Å². The Bertz CT molecular complexity index is 1010. The van der Waals surface area contributed by atoms with Crippen LogP contribution in [-0.2, 0) is 4.74 Å². The molecule has 0 saturated carbocycles. The minimum absolute atomic E-state index is 0.262. The van der Waals surface area contributed by atoms with Crippen LogP contribution < -0.4 is 4.90 Å². The van der Waals surface area contributed by atoms with Gasteiger partial charge in [0.2, 0.25) is 0 Å². The summed E-state index contributed by atoms with van der Waals surface area (Å²) in [6, 6.07) is 11.8. The van der Waals surface area contributed by atoms with E-state index in [-0.39, 0.29) is 6.09 Å². The van der Waals surface area contributed by atoms with E-state index in [0.29, 0.717) is 32.0 Å². The largest absolute Gasteiger partial charge is 0.444 e. The average Bonchev–Trinajstić information content (AvgIpc) is 2.72. The van der Waals surface area contributed by atoms with E-state index in [1.807, 2.05) is 57.2 Å². The number of hydrogen-bond donors (Lipinski definition) is 0. The molecule has 0 radical (unpaired) electrons. The summed E-state index contributed by atoms with van der Waals surface area (Å²) in [4.78, 5) is 30.0. The number of ether oxygens (including phenoxy) is 1. The number of nitrogens with zero attached hydrogens (tertiary/aromatic N) is 5. The van der Waals surface area contributed by atoms with Gasteiger partial charge in [0.15, 0.2) is 5.82 Å². The zero-order valence-electron chi connectivity index (χ0n) is 17.0. The molecule has 7 nitrogen and oxygen atoms in total. The zero-order chi connectivity index (χ0) is 20.4. The second-order valence-corrected chi connectivity index (χ2v) is 8.08. The second-order valence-electron chi connectivity index (χ2n) is 8.08. The average molecular weight is 391 g/mol. The first-order chi connectivity index (χ1) is 13.9. The van der Waals surface area contributed by atoms with Gasteiger partial charge in [0.25, 0.3) is 0 Å². The molecule has 1 aromatic carbocycles. The molecule has 7 heteroatoms. The number of pyridine rings is 1. The lowest BCUT2D eigenvalue weighted by Crippen LogP contribution is -2.50. The molecule has 150 valence electrons. The predicted octanol–water partition coefficient (Wildman–Crippen LogP) is 3.75. The van der Waals surface area contributed by atoms with E-state index in [9.17, 15) is 4.79 Å². The first-order valence-corrected chi connectivity index (χ1v) is 9.81. The number of anilines is 1. The number of aromatic nitrogens is 3. The van der Waals surface area contributed by atoms with Crippen LogP contribution in [0.1, 0.15) is 20.8 Å². The lowest BCUT2D eigenvalue weighted by atomic mass is 10.2. The fourth-order valence-electron chi connectivity index (χ4n) is 3.36. The number of carbonyl (C=O) groups is 1. The highest BCUT2D eigenvalue weighted by Gasteiger charge is 2.27. The number of hydrogen-bond acceptors (Lipinski definition) is 6. The van der Waals surface area contributed by atoms with Crippen molar-refractivity contribution in [1.82, 2.24) is 19.9 Å². The zero-order valence-corrected chi connectivity index (χ0v) is 17.0. The SMILES string of the molecule is CC(C)(C)OC(=O)N1CCN(c2nc(-c3ccncc3)nc3ccccc23)CC1. The van der Waals surface area contributed by atoms with Gasteiger partial charge in [-0.25, -0.2) is 14.8 Å². The molecule has 0 N–H and O–H groups in total. The highest BCUT2D eigenvalue weighted by molar-refractivity contribution is 5.91. The number of para-hydroxylation sites is 1. The van der Waals surface area contributed by atoms with Crippen LogP contribution in [0.25, 0.3) is 22.3 Å². The third-order valence-corrected chi connectivity index (χ3v) is 4.75. The Morgan fingerprint density at radius 2 is 1.66 bits per heavy atom. The lowest BCUT2D eigenvalue weighted by molar-refractivity contribution is 0.0240. The van der Waals surface area contributed by atoms with Gasteiger partial charge in [-0.2, -0.15) is 0 Å². The van der Waals surface area contributed by atoms with Crippen LogP contribution in [0.15, 0.2) is 48.8 Å². The minimum atomic E-state index is -0.490. The summed E-state index contributed by atoms with van der Waals surface area (Å²) in [7, 11) is 0. The highest BCUT2D eigenvalue weighted by Crippen LogP contribution is 2.28. The molecule has 1 saturated heterocycles. The summed E-state index contributed by atoms with van der Waals surface area (Å²) in [6.07, 6.45) is 3.22. The number of fused-ring (bicyclic) bond motifs is 1. The summed E-state index contributed by atoms with van der Waals surface area (Å²) < 4.78 is 5.50. The second kappa shape index (κ2) is 7.66. The van der Waals surface area contributed by atoms with Gasteiger partial charge in [-0.3, -0.25) is 4.98 Å². The Hall–Kier alpha value is -3.22. The lowest BCUT2D eigenvalue weighted by Gasteiger charge is -2.36. The molecule has 3 aromatic rings. The molecule has 1 amide bonds. The third kappa shape index (κ3) is 4.29. The Balaban J connectivity index is 1.60. The first kappa shape index (κ1) is 19.1. The molecular weight excluding hydrogens is 366 g/mol. The molecule has 0 aliphatic carbocycles. The number of rotatable bonds is 2. The van der Waals surface area contributed by atoms with E-state index >= 15 is 0 Å². The molecule has 4 rings (SSSR count). The van der Waals surface area contributed by atoms with Gasteiger partial charge in [-0.05, 0) is 45.0 Å². The maximum absolute atomic E-state index is 12.4. The molecule has 1 aliphatic heterocycles. The molecule has 1 aliphatic rings. The van der Waals surface area contributed by atoms with Gasteiger partial charge in [-0.1, -0.05) is 12.1 Å². The fraction of sp³-hybridized carbons (Fsp3) is 0.364. The molecule has 0 unspecified atom stereocenters. The molecular formula is C22H25N5O2. The Morgan fingerprint density at radius 1 is 0.966 bits per heavy atom. The van der Waals surface area contributed by atoms with Crippen LogP contribution >= 0.6 is 0 Å². The van der Waals surface area contributed by atoms with E-state index in [1.54, 1.807) is 17.3 Å². The first-order valence-electron chi connectivity index (χ1n) is 9.81. The Labute approximate surface area is 170 Å². The highest BCUT2D eigenvalue weighted by atomic mass is 16.6. The van der Waals surface area contributed by atoms with Gasteiger partial charge in [-0.15, -0.1) is 0 Å². The van der Waals surface area contributed by atoms with Gasteiger partial charge in [0.05, 0.1) is 5.52 Å². The summed E-state index contributed by atoms with van der Waals surface area (Å²) in [5.74, 6) is 1.57. The third-order valence-electron chi connectivity index (χ3n) is 4.75. The van der Waals surface area contributed by atoms with E-state index in [1.165, 1.54) is 0 Å². The monoisotopic (exact) mass is 391 g/mol. The molecule has 2 aromatic heterocycles. The standard InChI is InChI=1S/C22H25N5O2/c1-22(2,3)29-21(28)27-14-12-26(13-15-27)20-17-6-4-5-7-18(17)24-19(25-20)16-8-10-23-11-9-16/h4-11H,12-15H2,1-3H3. The van der Waals surface area contributed by atoms with E-state index in [4.69, 9.17) is 14.7 Å². The number of piperazine rings is 1.